The summed E-state index contributed by atoms with van der Waals surface area (Å²) < 4.78 is 25.7. The Hall–Kier alpha value is -0.670. The molecule has 1 aromatic carbocycles. The van der Waals surface area contributed by atoms with Crippen molar-refractivity contribution in [3.05, 3.63) is 34.4 Å². The Kier molecular flexibility index (Phi) is 3.00. The third-order valence-corrected chi connectivity index (χ3v) is 1.90. The smallest absolute Gasteiger partial charge is 0.142 e. The molecule has 0 saturated heterocycles. The van der Waals surface area contributed by atoms with Gasteiger partial charge in [-0.1, -0.05) is 11.6 Å². The second kappa shape index (κ2) is 3.83. The molecule has 1 aromatic rings. The van der Waals surface area contributed by atoms with Crippen LogP contribution in [0.5, 0.6) is 0 Å². The Bertz CT molecular complexity index is 289. The second-order valence-corrected chi connectivity index (χ2v) is 2.73. The van der Waals surface area contributed by atoms with Crippen molar-refractivity contribution in [2.45, 2.75) is 6.54 Å². The summed E-state index contributed by atoms with van der Waals surface area (Å²) in [5.74, 6) is -1.08. The minimum absolute atomic E-state index is 0.149. The summed E-state index contributed by atoms with van der Waals surface area (Å²) in [4.78, 5) is 0. The van der Waals surface area contributed by atoms with Crippen molar-refractivity contribution in [1.82, 2.24) is 5.32 Å². The predicted octanol–water partition coefficient (Wildman–Crippen LogP) is 2.34. The van der Waals surface area contributed by atoms with Crippen molar-refractivity contribution >= 4 is 11.6 Å². The van der Waals surface area contributed by atoms with Gasteiger partial charge in [-0.3, -0.25) is 0 Å². The minimum atomic E-state index is -0.594. The number of rotatable bonds is 2. The van der Waals surface area contributed by atoms with Gasteiger partial charge in [0.15, 0.2) is 0 Å². The summed E-state index contributed by atoms with van der Waals surface area (Å²) in [6, 6.07) is 2.07. The summed E-state index contributed by atoms with van der Waals surface area (Å²) >= 11 is 5.52. The first-order valence-corrected chi connectivity index (χ1v) is 3.81. The van der Waals surface area contributed by atoms with E-state index < -0.39 is 11.6 Å². The van der Waals surface area contributed by atoms with Gasteiger partial charge in [0, 0.05) is 12.1 Å². The molecular weight excluding hydrogens is 184 g/mol. The molecule has 0 spiro atoms. The van der Waals surface area contributed by atoms with E-state index in [9.17, 15) is 8.78 Å². The lowest BCUT2D eigenvalue weighted by atomic mass is 10.2. The quantitative estimate of drug-likeness (QED) is 0.708. The van der Waals surface area contributed by atoms with Crippen molar-refractivity contribution in [1.29, 1.82) is 0 Å². The van der Waals surface area contributed by atoms with Crippen LogP contribution in [-0.2, 0) is 6.54 Å². The Morgan fingerprint density at radius 1 is 1.33 bits per heavy atom. The molecule has 0 radical (unpaired) electrons. The molecule has 66 valence electrons. The summed E-state index contributed by atoms with van der Waals surface area (Å²) in [6.45, 7) is 0.225. The lowest BCUT2D eigenvalue weighted by Gasteiger charge is -2.04. The molecule has 4 heteroatoms. The molecule has 12 heavy (non-hydrogen) atoms. The highest BCUT2D eigenvalue weighted by Gasteiger charge is 2.10. The summed E-state index contributed by atoms with van der Waals surface area (Å²) in [6.07, 6.45) is 0. The zero-order valence-electron chi connectivity index (χ0n) is 6.50. The van der Waals surface area contributed by atoms with E-state index in [-0.39, 0.29) is 17.1 Å². The highest BCUT2D eigenvalue weighted by molar-refractivity contribution is 6.31. The SMILES string of the molecule is CNCc1c(F)ccc(F)c1Cl. The van der Waals surface area contributed by atoms with Crippen LogP contribution in [-0.4, -0.2) is 7.05 Å². The summed E-state index contributed by atoms with van der Waals surface area (Å²) in [5.41, 5.74) is 0.166. The molecule has 0 aliphatic carbocycles. The van der Waals surface area contributed by atoms with Crippen LogP contribution in [0, 0.1) is 11.6 Å². The first kappa shape index (κ1) is 9.42. The van der Waals surface area contributed by atoms with Crippen LogP contribution in [0.15, 0.2) is 12.1 Å². The maximum atomic E-state index is 12.9. The van der Waals surface area contributed by atoms with Gasteiger partial charge in [0.05, 0.1) is 5.02 Å². The average Bonchev–Trinajstić information content (AvgIpc) is 2.06. The first-order valence-electron chi connectivity index (χ1n) is 3.43. The van der Waals surface area contributed by atoms with Gasteiger partial charge in [0.25, 0.3) is 0 Å². The molecule has 0 saturated carbocycles. The molecule has 0 amide bonds. The van der Waals surface area contributed by atoms with Gasteiger partial charge in [-0.25, -0.2) is 8.78 Å². The van der Waals surface area contributed by atoms with Gasteiger partial charge in [-0.05, 0) is 19.2 Å². The molecule has 1 rings (SSSR count). The number of benzene rings is 1. The van der Waals surface area contributed by atoms with Crippen molar-refractivity contribution in [2.75, 3.05) is 7.05 Å². The van der Waals surface area contributed by atoms with E-state index in [1.807, 2.05) is 0 Å². The van der Waals surface area contributed by atoms with Gasteiger partial charge in [-0.15, -0.1) is 0 Å². The van der Waals surface area contributed by atoms with Crippen LogP contribution in [0.25, 0.3) is 0 Å². The fraction of sp³-hybridized carbons (Fsp3) is 0.250. The van der Waals surface area contributed by atoms with Crippen LogP contribution in [0.3, 0.4) is 0 Å². The maximum absolute atomic E-state index is 12.9. The van der Waals surface area contributed by atoms with E-state index >= 15 is 0 Å². The second-order valence-electron chi connectivity index (χ2n) is 2.35. The number of nitrogens with one attached hydrogen (secondary N) is 1. The molecule has 0 bridgehead atoms. The molecule has 0 aliphatic rings. The standard InChI is InChI=1S/C8H8ClF2N/c1-12-4-5-6(10)2-3-7(11)8(5)9/h2-3,12H,4H2,1H3. The van der Waals surface area contributed by atoms with Crippen LogP contribution < -0.4 is 5.32 Å². The third-order valence-electron chi connectivity index (χ3n) is 1.49. The van der Waals surface area contributed by atoms with Crippen LogP contribution in [0.1, 0.15) is 5.56 Å². The fourth-order valence-corrected chi connectivity index (χ4v) is 1.13. The fourth-order valence-electron chi connectivity index (χ4n) is 0.908. The zero-order valence-corrected chi connectivity index (χ0v) is 7.25. The lowest BCUT2D eigenvalue weighted by Crippen LogP contribution is -2.08. The first-order chi connectivity index (χ1) is 5.66. The van der Waals surface area contributed by atoms with Crippen molar-refractivity contribution in [3.63, 3.8) is 0 Å². The maximum Gasteiger partial charge on any atom is 0.142 e. The molecule has 1 N–H and O–H groups in total. The number of hydrogen-bond donors (Lipinski definition) is 1. The predicted molar refractivity (Wildman–Crippen MR) is 44.1 cm³/mol. The molecule has 0 unspecified atom stereocenters. The van der Waals surface area contributed by atoms with E-state index in [2.05, 4.69) is 5.32 Å². The van der Waals surface area contributed by atoms with Gasteiger partial charge in [0.2, 0.25) is 0 Å². The number of hydrogen-bond acceptors (Lipinski definition) is 1. The third kappa shape index (κ3) is 1.73. The Morgan fingerprint density at radius 2 is 1.92 bits per heavy atom. The van der Waals surface area contributed by atoms with Crippen LogP contribution in [0.2, 0.25) is 5.02 Å². The number of halogens is 3. The lowest BCUT2D eigenvalue weighted by molar-refractivity contribution is 0.578. The highest BCUT2D eigenvalue weighted by Crippen LogP contribution is 2.22. The van der Waals surface area contributed by atoms with Crippen molar-refractivity contribution in [2.24, 2.45) is 0 Å². The van der Waals surface area contributed by atoms with Crippen LogP contribution in [0.4, 0.5) is 8.78 Å². The van der Waals surface area contributed by atoms with Crippen molar-refractivity contribution in [3.8, 4) is 0 Å². The molecule has 0 fully saturated rings. The zero-order chi connectivity index (χ0) is 9.14. The molecule has 0 heterocycles. The Labute approximate surface area is 74.3 Å². The van der Waals surface area contributed by atoms with Gasteiger partial charge < -0.3 is 5.32 Å². The molecule has 1 nitrogen and oxygen atoms in total. The normalized spacial score (nSPS) is 10.3. The molecule has 0 atom stereocenters. The summed E-state index contributed by atoms with van der Waals surface area (Å²) in [7, 11) is 1.64. The Morgan fingerprint density at radius 3 is 2.50 bits per heavy atom. The highest BCUT2D eigenvalue weighted by atomic mass is 35.5. The van der Waals surface area contributed by atoms with Gasteiger partial charge >= 0.3 is 0 Å². The Balaban J connectivity index is 3.14. The van der Waals surface area contributed by atoms with E-state index in [0.717, 1.165) is 12.1 Å². The van der Waals surface area contributed by atoms with E-state index in [1.165, 1.54) is 0 Å². The van der Waals surface area contributed by atoms with Crippen LogP contribution >= 0.6 is 11.6 Å². The monoisotopic (exact) mass is 191 g/mol. The molecule has 0 aromatic heterocycles. The van der Waals surface area contributed by atoms with E-state index in [1.54, 1.807) is 7.05 Å². The van der Waals surface area contributed by atoms with Gasteiger partial charge in [-0.2, -0.15) is 0 Å². The largest absolute Gasteiger partial charge is 0.316 e. The average molecular weight is 192 g/mol. The topological polar surface area (TPSA) is 12.0 Å². The molecule has 0 aliphatic heterocycles. The summed E-state index contributed by atoms with van der Waals surface area (Å²) in [5, 5.41) is 2.55. The van der Waals surface area contributed by atoms with E-state index in [4.69, 9.17) is 11.6 Å². The minimum Gasteiger partial charge on any atom is -0.316 e. The van der Waals surface area contributed by atoms with Gasteiger partial charge in [0.1, 0.15) is 11.6 Å². The molecular formula is C8H8ClF2N. The van der Waals surface area contributed by atoms with E-state index in [0.29, 0.717) is 0 Å². The van der Waals surface area contributed by atoms with Crippen molar-refractivity contribution < 1.29 is 8.78 Å².